The highest BCUT2D eigenvalue weighted by atomic mass is 16.5. The monoisotopic (exact) mass is 406 g/mol. The molecule has 1 atom stereocenters. The van der Waals surface area contributed by atoms with Crippen LogP contribution in [0.1, 0.15) is 53.6 Å². The molecule has 0 saturated heterocycles. The van der Waals surface area contributed by atoms with Gasteiger partial charge in [0.1, 0.15) is 12.4 Å². The Hall–Kier alpha value is -2.82. The summed E-state index contributed by atoms with van der Waals surface area (Å²) >= 11 is 0. The average Bonchev–Trinajstić information content (AvgIpc) is 2.78. The van der Waals surface area contributed by atoms with Crippen molar-refractivity contribution >= 4 is 17.5 Å². The maximum atomic E-state index is 12.7. The van der Waals surface area contributed by atoms with Gasteiger partial charge in [0.15, 0.2) is 0 Å². The zero-order valence-corrected chi connectivity index (χ0v) is 17.6. The maximum Gasteiger partial charge on any atom is 0.255 e. The predicted molar refractivity (Wildman–Crippen MR) is 118 cm³/mol. The van der Waals surface area contributed by atoms with Crippen molar-refractivity contribution in [1.29, 1.82) is 0 Å². The summed E-state index contributed by atoms with van der Waals surface area (Å²) in [6, 6.07) is 13.1. The molecule has 5 heteroatoms. The van der Waals surface area contributed by atoms with Gasteiger partial charge in [-0.1, -0.05) is 37.0 Å². The van der Waals surface area contributed by atoms with Crippen LogP contribution in [0.15, 0.2) is 42.5 Å². The molecule has 0 spiro atoms. The zero-order chi connectivity index (χ0) is 20.9. The van der Waals surface area contributed by atoms with E-state index in [-0.39, 0.29) is 17.7 Å². The molecule has 0 bridgehead atoms. The molecule has 1 fully saturated rings. The fraction of sp³-hybridized carbons (Fsp3) is 0.440. The molecule has 1 aliphatic heterocycles. The number of nitrogens with one attached hydrogen (secondary N) is 2. The van der Waals surface area contributed by atoms with E-state index in [0.29, 0.717) is 30.2 Å². The molecule has 1 heterocycles. The predicted octanol–water partition coefficient (Wildman–Crippen LogP) is 4.49. The van der Waals surface area contributed by atoms with Gasteiger partial charge in [-0.05, 0) is 68.0 Å². The van der Waals surface area contributed by atoms with Gasteiger partial charge in [0, 0.05) is 17.8 Å². The molecule has 0 unspecified atom stereocenters. The van der Waals surface area contributed by atoms with Gasteiger partial charge in [0.25, 0.3) is 5.91 Å². The lowest BCUT2D eigenvalue weighted by atomic mass is 9.89. The summed E-state index contributed by atoms with van der Waals surface area (Å²) in [5.74, 6) is 1.14. The van der Waals surface area contributed by atoms with E-state index in [2.05, 4.69) is 10.6 Å². The fourth-order valence-electron chi connectivity index (χ4n) is 4.33. The number of carbonyl (C=O) groups excluding carboxylic acids is 2. The van der Waals surface area contributed by atoms with Crippen LogP contribution < -0.4 is 15.4 Å². The second-order valence-electron chi connectivity index (χ2n) is 8.60. The van der Waals surface area contributed by atoms with E-state index in [1.165, 1.54) is 32.1 Å². The number of amides is 2. The van der Waals surface area contributed by atoms with Gasteiger partial charge >= 0.3 is 0 Å². The van der Waals surface area contributed by atoms with Gasteiger partial charge in [-0.3, -0.25) is 9.59 Å². The minimum Gasteiger partial charge on any atom is -0.492 e. The van der Waals surface area contributed by atoms with Crippen LogP contribution in [0.25, 0.3) is 0 Å². The van der Waals surface area contributed by atoms with Crippen molar-refractivity contribution in [2.45, 2.75) is 45.4 Å². The summed E-state index contributed by atoms with van der Waals surface area (Å²) in [6.07, 6.45) is 6.93. The molecular formula is C25H30N2O3. The molecule has 2 aromatic carbocycles. The van der Waals surface area contributed by atoms with Crippen molar-refractivity contribution in [2.75, 3.05) is 18.5 Å². The van der Waals surface area contributed by atoms with E-state index in [0.717, 1.165) is 23.4 Å². The zero-order valence-electron chi connectivity index (χ0n) is 17.6. The summed E-state index contributed by atoms with van der Waals surface area (Å²) in [5.41, 5.74) is 3.41. The largest absolute Gasteiger partial charge is 0.492 e. The summed E-state index contributed by atoms with van der Waals surface area (Å²) < 4.78 is 5.83. The first-order valence-corrected chi connectivity index (χ1v) is 11.0. The van der Waals surface area contributed by atoms with Crippen molar-refractivity contribution in [2.24, 2.45) is 11.8 Å². The number of benzene rings is 2. The lowest BCUT2D eigenvalue weighted by Gasteiger charge is -2.27. The van der Waals surface area contributed by atoms with E-state index in [1.807, 2.05) is 49.4 Å². The third-order valence-corrected chi connectivity index (χ3v) is 6.20. The second kappa shape index (κ2) is 9.33. The summed E-state index contributed by atoms with van der Waals surface area (Å²) in [4.78, 5) is 25.2. The molecule has 4 rings (SSSR count). The quantitative estimate of drug-likeness (QED) is 0.769. The SMILES string of the molecule is Cc1ccc(C(=O)Nc2ccc3c(c2)C[C@H](C(=O)NCC2CCCCC2)CO3)cc1. The number of carbonyl (C=O) groups is 2. The average molecular weight is 407 g/mol. The molecule has 5 nitrogen and oxygen atoms in total. The number of anilines is 1. The van der Waals surface area contributed by atoms with Gasteiger partial charge in [0.2, 0.25) is 5.91 Å². The van der Waals surface area contributed by atoms with Gasteiger partial charge in [-0.15, -0.1) is 0 Å². The van der Waals surface area contributed by atoms with Crippen LogP contribution in [0.5, 0.6) is 5.75 Å². The smallest absolute Gasteiger partial charge is 0.255 e. The highest BCUT2D eigenvalue weighted by Gasteiger charge is 2.27. The van der Waals surface area contributed by atoms with Crippen LogP contribution in [-0.4, -0.2) is 25.0 Å². The van der Waals surface area contributed by atoms with E-state index in [1.54, 1.807) is 0 Å². The fourth-order valence-corrected chi connectivity index (χ4v) is 4.33. The molecule has 0 radical (unpaired) electrons. The number of hydrogen-bond donors (Lipinski definition) is 2. The van der Waals surface area contributed by atoms with E-state index < -0.39 is 0 Å². The van der Waals surface area contributed by atoms with Crippen LogP contribution in [-0.2, 0) is 11.2 Å². The molecule has 2 amide bonds. The van der Waals surface area contributed by atoms with Crippen molar-refractivity contribution in [3.63, 3.8) is 0 Å². The highest BCUT2D eigenvalue weighted by molar-refractivity contribution is 6.04. The first-order chi connectivity index (χ1) is 14.6. The molecule has 1 saturated carbocycles. The minimum atomic E-state index is -0.191. The second-order valence-corrected chi connectivity index (χ2v) is 8.60. The van der Waals surface area contributed by atoms with Crippen LogP contribution in [0, 0.1) is 18.8 Å². The van der Waals surface area contributed by atoms with Gasteiger partial charge in [0.05, 0.1) is 5.92 Å². The first-order valence-electron chi connectivity index (χ1n) is 11.0. The number of hydrogen-bond acceptors (Lipinski definition) is 3. The molecule has 1 aliphatic carbocycles. The molecule has 0 aromatic heterocycles. The Labute approximate surface area is 178 Å². The Morgan fingerprint density at radius 1 is 1.03 bits per heavy atom. The third kappa shape index (κ3) is 5.02. The van der Waals surface area contributed by atoms with E-state index >= 15 is 0 Å². The Kier molecular flexibility index (Phi) is 6.36. The van der Waals surface area contributed by atoms with E-state index in [9.17, 15) is 9.59 Å². The van der Waals surface area contributed by atoms with Gasteiger partial charge in [-0.25, -0.2) is 0 Å². The van der Waals surface area contributed by atoms with Crippen LogP contribution in [0.2, 0.25) is 0 Å². The number of rotatable bonds is 5. The lowest BCUT2D eigenvalue weighted by molar-refractivity contribution is -0.126. The summed E-state index contributed by atoms with van der Waals surface area (Å²) in [7, 11) is 0. The van der Waals surface area contributed by atoms with Crippen molar-refractivity contribution in [3.8, 4) is 5.75 Å². The minimum absolute atomic E-state index is 0.0697. The first kappa shape index (κ1) is 20.5. The van der Waals surface area contributed by atoms with E-state index in [4.69, 9.17) is 4.74 Å². The lowest BCUT2D eigenvalue weighted by Crippen LogP contribution is -2.39. The number of aryl methyl sites for hydroxylation is 1. The third-order valence-electron chi connectivity index (χ3n) is 6.20. The number of ether oxygens (including phenoxy) is 1. The molecule has 2 N–H and O–H groups in total. The highest BCUT2D eigenvalue weighted by Crippen LogP contribution is 2.30. The molecule has 2 aromatic rings. The van der Waals surface area contributed by atoms with Crippen LogP contribution >= 0.6 is 0 Å². The summed E-state index contributed by atoms with van der Waals surface area (Å²) in [5, 5.41) is 6.08. The molecule has 158 valence electrons. The maximum absolute atomic E-state index is 12.7. The molecule has 30 heavy (non-hydrogen) atoms. The van der Waals surface area contributed by atoms with Crippen LogP contribution in [0.3, 0.4) is 0 Å². The topological polar surface area (TPSA) is 67.4 Å². The van der Waals surface area contributed by atoms with Crippen molar-refractivity contribution in [3.05, 3.63) is 59.2 Å². The Morgan fingerprint density at radius 3 is 2.57 bits per heavy atom. The molecular weight excluding hydrogens is 376 g/mol. The number of fused-ring (bicyclic) bond motifs is 1. The van der Waals surface area contributed by atoms with Gasteiger partial charge < -0.3 is 15.4 Å². The Balaban J connectivity index is 1.36. The molecule has 2 aliphatic rings. The van der Waals surface area contributed by atoms with Gasteiger partial charge in [-0.2, -0.15) is 0 Å². The normalized spacial score (nSPS) is 18.8. The van der Waals surface area contributed by atoms with Crippen molar-refractivity contribution in [1.82, 2.24) is 5.32 Å². The Morgan fingerprint density at radius 2 is 1.80 bits per heavy atom. The Bertz CT molecular complexity index is 901. The van der Waals surface area contributed by atoms with Crippen LogP contribution in [0.4, 0.5) is 5.69 Å². The standard InChI is InChI=1S/C25H30N2O3/c1-17-7-9-19(10-8-17)25(29)27-22-11-12-23-20(14-22)13-21(16-30-23)24(28)26-15-18-5-3-2-4-6-18/h7-12,14,18,21H,2-6,13,15-16H2,1H3,(H,26,28)(H,27,29)/t21-/m0/s1. The van der Waals surface area contributed by atoms with Crippen molar-refractivity contribution < 1.29 is 14.3 Å². The summed E-state index contributed by atoms with van der Waals surface area (Å²) in [6.45, 7) is 3.17.